The summed E-state index contributed by atoms with van der Waals surface area (Å²) < 4.78 is 10.5. The Kier molecular flexibility index (Phi) is 5.78. The van der Waals surface area contributed by atoms with Gasteiger partial charge in [-0.1, -0.05) is 17.7 Å². The monoisotopic (exact) mass is 329 g/mol. The molecule has 0 atom stereocenters. The summed E-state index contributed by atoms with van der Waals surface area (Å²) in [5.41, 5.74) is 1.69. The molecule has 6 nitrogen and oxygen atoms in total. The first-order valence-electron chi connectivity index (χ1n) is 7.45. The number of ether oxygens (including phenoxy) is 2. The molecular weight excluding hydrogens is 310 g/mol. The van der Waals surface area contributed by atoms with Gasteiger partial charge in [0.15, 0.2) is 0 Å². The van der Waals surface area contributed by atoms with Crippen molar-refractivity contribution >= 4 is 17.6 Å². The summed E-state index contributed by atoms with van der Waals surface area (Å²) in [6.45, 7) is 4.15. The van der Waals surface area contributed by atoms with E-state index in [4.69, 9.17) is 9.47 Å². The van der Waals surface area contributed by atoms with Gasteiger partial charge in [0.25, 0.3) is 0 Å². The first-order chi connectivity index (χ1) is 11.5. The molecule has 6 heteroatoms. The summed E-state index contributed by atoms with van der Waals surface area (Å²) in [4.78, 5) is 22.2. The van der Waals surface area contributed by atoms with E-state index in [9.17, 15) is 14.7 Å². The molecule has 0 heterocycles. The van der Waals surface area contributed by atoms with E-state index in [1.54, 1.807) is 6.07 Å². The van der Waals surface area contributed by atoms with Crippen LogP contribution in [0.4, 0.5) is 5.69 Å². The Morgan fingerprint density at radius 2 is 1.83 bits per heavy atom. The lowest BCUT2D eigenvalue weighted by molar-refractivity contribution is -0.131. The van der Waals surface area contributed by atoms with Gasteiger partial charge in [-0.15, -0.1) is 0 Å². The fourth-order valence-corrected chi connectivity index (χ4v) is 2.05. The Morgan fingerprint density at radius 3 is 2.46 bits per heavy atom. The van der Waals surface area contributed by atoms with Crippen molar-refractivity contribution in [2.45, 2.75) is 13.8 Å². The quantitative estimate of drug-likeness (QED) is 0.461. The first-order valence-corrected chi connectivity index (χ1v) is 7.45. The average Bonchev–Trinajstić information content (AvgIpc) is 2.53. The lowest BCUT2D eigenvalue weighted by Gasteiger charge is -2.11. The molecule has 2 aromatic carbocycles. The van der Waals surface area contributed by atoms with E-state index in [-0.39, 0.29) is 11.3 Å². The molecule has 0 saturated heterocycles. The predicted octanol–water partition coefficient (Wildman–Crippen LogP) is 3.11. The molecule has 0 unspecified atom stereocenters. The zero-order valence-electron chi connectivity index (χ0n) is 13.5. The molecule has 0 aliphatic carbocycles. The second-order valence-corrected chi connectivity index (χ2v) is 5.20. The minimum atomic E-state index is -1.16. The van der Waals surface area contributed by atoms with Crippen molar-refractivity contribution in [2.75, 3.05) is 18.5 Å². The van der Waals surface area contributed by atoms with Crippen LogP contribution < -0.4 is 14.8 Å². The number of esters is 1. The molecule has 2 N–H and O–H groups in total. The number of rotatable bonds is 7. The lowest BCUT2D eigenvalue weighted by Crippen LogP contribution is -2.13. The topological polar surface area (TPSA) is 84.9 Å². The van der Waals surface area contributed by atoms with Crippen LogP contribution in [0.25, 0.3) is 0 Å². The van der Waals surface area contributed by atoms with E-state index in [1.165, 1.54) is 19.1 Å². The van der Waals surface area contributed by atoms with Gasteiger partial charge in [0.2, 0.25) is 0 Å². The number of aromatic carboxylic acids is 1. The van der Waals surface area contributed by atoms with Crippen molar-refractivity contribution in [3.63, 3.8) is 0 Å². The van der Waals surface area contributed by atoms with Crippen LogP contribution in [0.1, 0.15) is 22.8 Å². The Morgan fingerprint density at radius 1 is 1.12 bits per heavy atom. The maximum Gasteiger partial charge on any atom is 0.339 e. The van der Waals surface area contributed by atoms with Crippen molar-refractivity contribution < 1.29 is 24.2 Å². The van der Waals surface area contributed by atoms with Crippen molar-refractivity contribution in [1.29, 1.82) is 0 Å². The fourth-order valence-electron chi connectivity index (χ4n) is 2.05. The zero-order valence-corrected chi connectivity index (χ0v) is 13.5. The Balaban J connectivity index is 1.92. The van der Waals surface area contributed by atoms with Gasteiger partial charge in [-0.3, -0.25) is 4.79 Å². The molecule has 0 aromatic heterocycles. The number of hydrogen-bond donors (Lipinski definition) is 2. The van der Waals surface area contributed by atoms with Gasteiger partial charge in [-0.05, 0) is 37.3 Å². The van der Waals surface area contributed by atoms with Gasteiger partial charge in [-0.25, -0.2) is 4.79 Å². The van der Waals surface area contributed by atoms with Crippen LogP contribution in [0.15, 0.2) is 42.5 Å². The number of anilines is 1. The highest BCUT2D eigenvalue weighted by atomic mass is 16.5. The molecule has 0 saturated carbocycles. The van der Waals surface area contributed by atoms with Crippen LogP contribution in [0.2, 0.25) is 0 Å². The second kappa shape index (κ2) is 8.01. The van der Waals surface area contributed by atoms with Gasteiger partial charge in [0.05, 0.1) is 0 Å². The third-order valence-electron chi connectivity index (χ3n) is 3.18. The number of carboxylic acids is 1. The molecule has 2 aromatic rings. The number of nitrogens with one attached hydrogen (secondary N) is 1. The number of hydrogen-bond acceptors (Lipinski definition) is 5. The van der Waals surface area contributed by atoms with Gasteiger partial charge in [-0.2, -0.15) is 0 Å². The third-order valence-corrected chi connectivity index (χ3v) is 3.18. The minimum Gasteiger partial charge on any atom is -0.492 e. The molecule has 0 amide bonds. The highest BCUT2D eigenvalue weighted by Crippen LogP contribution is 2.23. The molecule has 0 radical (unpaired) electrons. The van der Waals surface area contributed by atoms with Crippen molar-refractivity contribution in [3.05, 3.63) is 53.6 Å². The first kappa shape index (κ1) is 17.3. The summed E-state index contributed by atoms with van der Waals surface area (Å²) in [6, 6.07) is 12.2. The molecule has 0 aliphatic rings. The van der Waals surface area contributed by atoms with Crippen LogP contribution in [-0.4, -0.2) is 30.2 Å². The van der Waals surface area contributed by atoms with E-state index in [0.717, 1.165) is 11.3 Å². The number of benzene rings is 2. The van der Waals surface area contributed by atoms with Crippen LogP contribution in [0.5, 0.6) is 11.5 Å². The summed E-state index contributed by atoms with van der Waals surface area (Å²) in [5.74, 6) is -0.925. The van der Waals surface area contributed by atoms with Crippen LogP contribution in [0.3, 0.4) is 0 Å². The minimum absolute atomic E-state index is 0.0245. The highest BCUT2D eigenvalue weighted by Gasteiger charge is 2.13. The summed E-state index contributed by atoms with van der Waals surface area (Å²) in [5, 5.41) is 12.3. The van der Waals surface area contributed by atoms with E-state index in [0.29, 0.717) is 18.8 Å². The maximum absolute atomic E-state index is 11.3. The Bertz CT molecular complexity index is 725. The van der Waals surface area contributed by atoms with Gasteiger partial charge in [0.1, 0.15) is 23.7 Å². The van der Waals surface area contributed by atoms with E-state index >= 15 is 0 Å². The number of carboxylic acid groups (broad SMARTS) is 1. The SMILES string of the molecule is CC(=O)Oc1ccc(NCCOc2ccc(C)cc2)cc1C(=O)O. The number of carbonyl (C=O) groups is 2. The van der Waals surface area contributed by atoms with Gasteiger partial charge >= 0.3 is 11.9 Å². The molecule has 126 valence electrons. The predicted molar refractivity (Wildman–Crippen MR) is 89.9 cm³/mol. The van der Waals surface area contributed by atoms with Crippen LogP contribution in [0, 0.1) is 6.92 Å². The lowest BCUT2D eigenvalue weighted by atomic mass is 10.1. The number of carbonyl (C=O) groups excluding carboxylic acids is 1. The molecule has 0 aliphatic heterocycles. The molecule has 24 heavy (non-hydrogen) atoms. The largest absolute Gasteiger partial charge is 0.492 e. The van der Waals surface area contributed by atoms with Crippen LogP contribution >= 0.6 is 0 Å². The van der Waals surface area contributed by atoms with Crippen molar-refractivity contribution in [2.24, 2.45) is 0 Å². The molecular formula is C18H19NO5. The average molecular weight is 329 g/mol. The van der Waals surface area contributed by atoms with E-state index in [1.807, 2.05) is 31.2 Å². The maximum atomic E-state index is 11.3. The summed E-state index contributed by atoms with van der Waals surface area (Å²) in [6.07, 6.45) is 0. The van der Waals surface area contributed by atoms with E-state index < -0.39 is 11.9 Å². The molecule has 0 bridgehead atoms. The van der Waals surface area contributed by atoms with Crippen molar-refractivity contribution in [3.8, 4) is 11.5 Å². The summed E-state index contributed by atoms with van der Waals surface area (Å²) in [7, 11) is 0. The second-order valence-electron chi connectivity index (χ2n) is 5.20. The zero-order chi connectivity index (χ0) is 17.5. The Labute approximate surface area is 140 Å². The normalized spacial score (nSPS) is 10.1. The third kappa shape index (κ3) is 5.01. The highest BCUT2D eigenvalue weighted by molar-refractivity contribution is 5.93. The standard InChI is InChI=1S/C18H19NO5/c1-12-3-6-15(7-4-12)23-10-9-19-14-5-8-17(24-13(2)20)16(11-14)18(21)22/h3-8,11,19H,9-10H2,1-2H3,(H,21,22). The van der Waals surface area contributed by atoms with Gasteiger partial charge < -0.3 is 19.9 Å². The smallest absolute Gasteiger partial charge is 0.339 e. The van der Waals surface area contributed by atoms with Gasteiger partial charge in [0, 0.05) is 19.2 Å². The molecule has 0 fully saturated rings. The number of aryl methyl sites for hydroxylation is 1. The molecule has 2 rings (SSSR count). The summed E-state index contributed by atoms with van der Waals surface area (Å²) >= 11 is 0. The van der Waals surface area contributed by atoms with Crippen LogP contribution in [-0.2, 0) is 4.79 Å². The van der Waals surface area contributed by atoms with Crippen molar-refractivity contribution in [1.82, 2.24) is 0 Å². The Hall–Kier alpha value is -3.02. The molecule has 0 spiro atoms. The fraction of sp³-hybridized carbons (Fsp3) is 0.222. The van der Waals surface area contributed by atoms with E-state index in [2.05, 4.69) is 5.32 Å².